The third kappa shape index (κ3) is 4.67. The molecule has 1 aliphatic heterocycles. The Hall–Kier alpha value is 0.310. The maximum atomic E-state index is 4.38. The normalized spacial score (nSPS) is 26.4. The molecular weight excluding hydrogens is 214 g/mol. The van der Waals surface area contributed by atoms with E-state index in [1.54, 1.807) is 0 Å². The fourth-order valence-corrected chi connectivity index (χ4v) is 2.82. The number of hydrogen-bond donors (Lipinski definition) is 1. The lowest BCUT2D eigenvalue weighted by Gasteiger charge is -2.30. The molecule has 0 amide bonds. The molecule has 2 unspecified atom stereocenters. The molecule has 1 saturated heterocycles. The van der Waals surface area contributed by atoms with Crippen LogP contribution in [0.3, 0.4) is 0 Å². The van der Waals surface area contributed by atoms with Crippen molar-refractivity contribution >= 4 is 12.6 Å². The Bertz CT molecular complexity index is 197. The molecule has 1 aliphatic rings. The highest BCUT2D eigenvalue weighted by Crippen LogP contribution is 2.34. The molecule has 0 bridgehead atoms. The lowest BCUT2D eigenvalue weighted by atomic mass is 9.77. The minimum absolute atomic E-state index is 0.491. The summed E-state index contributed by atoms with van der Waals surface area (Å²) in [7, 11) is 0. The van der Waals surface area contributed by atoms with Gasteiger partial charge in [0.25, 0.3) is 0 Å². The van der Waals surface area contributed by atoms with E-state index in [-0.39, 0.29) is 0 Å². The van der Waals surface area contributed by atoms with Crippen molar-refractivity contribution in [3.63, 3.8) is 0 Å². The van der Waals surface area contributed by atoms with Gasteiger partial charge >= 0.3 is 0 Å². The monoisotopic (exact) mass is 243 g/mol. The van der Waals surface area contributed by atoms with Gasteiger partial charge in [0, 0.05) is 6.54 Å². The first kappa shape index (κ1) is 14.4. The van der Waals surface area contributed by atoms with E-state index < -0.39 is 0 Å². The van der Waals surface area contributed by atoms with Gasteiger partial charge in [0.05, 0.1) is 0 Å². The van der Waals surface area contributed by atoms with Crippen molar-refractivity contribution < 1.29 is 0 Å². The van der Waals surface area contributed by atoms with Crippen LogP contribution in [0.2, 0.25) is 0 Å². The molecule has 16 heavy (non-hydrogen) atoms. The lowest BCUT2D eigenvalue weighted by Crippen LogP contribution is -2.31. The maximum Gasteiger partial charge on any atom is 0.00148 e. The Morgan fingerprint density at radius 2 is 1.94 bits per heavy atom. The summed E-state index contributed by atoms with van der Waals surface area (Å²) >= 11 is 4.38. The van der Waals surface area contributed by atoms with Gasteiger partial charge in [-0.15, -0.1) is 0 Å². The number of nitrogens with zero attached hydrogens (tertiary/aromatic N) is 1. The van der Waals surface area contributed by atoms with E-state index in [1.165, 1.54) is 38.9 Å². The summed E-state index contributed by atoms with van der Waals surface area (Å²) in [5.41, 5.74) is 0.491. The topological polar surface area (TPSA) is 3.24 Å². The van der Waals surface area contributed by atoms with E-state index in [1.807, 2.05) is 0 Å². The molecule has 0 aromatic carbocycles. The largest absolute Gasteiger partial charge is 0.303 e. The molecule has 1 fully saturated rings. The van der Waals surface area contributed by atoms with Crippen LogP contribution in [0.4, 0.5) is 0 Å². The molecule has 0 N–H and O–H groups in total. The van der Waals surface area contributed by atoms with Crippen molar-refractivity contribution in [1.29, 1.82) is 0 Å². The van der Waals surface area contributed by atoms with Crippen LogP contribution in [0.15, 0.2) is 0 Å². The van der Waals surface area contributed by atoms with E-state index in [0.717, 1.165) is 17.6 Å². The minimum atomic E-state index is 0.491. The average molecular weight is 243 g/mol. The molecule has 2 atom stereocenters. The first-order valence-electron chi connectivity index (χ1n) is 6.76. The van der Waals surface area contributed by atoms with Crippen LogP contribution in [0, 0.1) is 17.3 Å². The van der Waals surface area contributed by atoms with Crippen molar-refractivity contribution in [1.82, 2.24) is 4.90 Å². The summed E-state index contributed by atoms with van der Waals surface area (Å²) < 4.78 is 0. The van der Waals surface area contributed by atoms with Crippen molar-refractivity contribution in [2.24, 2.45) is 17.3 Å². The highest BCUT2D eigenvalue weighted by atomic mass is 32.1. The van der Waals surface area contributed by atoms with Crippen molar-refractivity contribution in [2.45, 2.75) is 47.0 Å². The zero-order chi connectivity index (χ0) is 12.2. The zero-order valence-corrected chi connectivity index (χ0v) is 12.4. The molecule has 0 aliphatic carbocycles. The van der Waals surface area contributed by atoms with Gasteiger partial charge in [-0.05, 0) is 55.4 Å². The van der Waals surface area contributed by atoms with E-state index >= 15 is 0 Å². The van der Waals surface area contributed by atoms with E-state index in [4.69, 9.17) is 0 Å². The number of likely N-dealkylation sites (tertiary alicyclic amines) is 1. The minimum Gasteiger partial charge on any atom is -0.303 e. The second kappa shape index (κ2) is 6.30. The fourth-order valence-electron chi connectivity index (χ4n) is 2.70. The second-order valence-electron chi connectivity index (χ2n) is 6.58. The number of rotatable bonds is 3. The van der Waals surface area contributed by atoms with Gasteiger partial charge in [0.1, 0.15) is 0 Å². The van der Waals surface area contributed by atoms with Crippen LogP contribution >= 0.6 is 12.6 Å². The molecule has 1 heterocycles. The van der Waals surface area contributed by atoms with Crippen molar-refractivity contribution in [3.8, 4) is 0 Å². The van der Waals surface area contributed by atoms with Crippen LogP contribution in [0.1, 0.15) is 47.0 Å². The number of hydrogen-bond acceptors (Lipinski definition) is 2. The molecule has 0 aromatic heterocycles. The van der Waals surface area contributed by atoms with Gasteiger partial charge in [-0.3, -0.25) is 0 Å². The lowest BCUT2D eigenvalue weighted by molar-refractivity contribution is 0.203. The Balaban J connectivity index is 2.40. The van der Waals surface area contributed by atoms with Crippen molar-refractivity contribution in [2.75, 3.05) is 25.4 Å². The molecule has 1 nitrogen and oxygen atoms in total. The van der Waals surface area contributed by atoms with E-state index in [2.05, 4.69) is 45.2 Å². The Morgan fingerprint density at radius 3 is 2.50 bits per heavy atom. The summed E-state index contributed by atoms with van der Waals surface area (Å²) in [6, 6.07) is 0. The molecule has 2 heteroatoms. The van der Waals surface area contributed by atoms with Gasteiger partial charge in [-0.1, -0.05) is 27.7 Å². The highest BCUT2D eigenvalue weighted by molar-refractivity contribution is 7.80. The third-order valence-electron chi connectivity index (χ3n) is 3.93. The highest BCUT2D eigenvalue weighted by Gasteiger charge is 2.27. The smallest absolute Gasteiger partial charge is 0.00148 e. The van der Waals surface area contributed by atoms with E-state index in [9.17, 15) is 0 Å². The van der Waals surface area contributed by atoms with Crippen molar-refractivity contribution in [3.05, 3.63) is 0 Å². The molecular formula is C14H29NS. The van der Waals surface area contributed by atoms with E-state index in [0.29, 0.717) is 5.41 Å². The average Bonchev–Trinajstić information content (AvgIpc) is 2.42. The standard InChI is InChI=1S/C14H29NS/c1-12(11-16)10-15-8-5-6-13(7-9-15)14(2,3)4/h12-13,16H,5-11H2,1-4H3. The summed E-state index contributed by atoms with van der Waals surface area (Å²) in [6.07, 6.45) is 4.17. The van der Waals surface area contributed by atoms with Gasteiger partial charge < -0.3 is 4.90 Å². The number of thiol groups is 1. The molecule has 96 valence electrons. The molecule has 0 aromatic rings. The maximum absolute atomic E-state index is 4.38. The Morgan fingerprint density at radius 1 is 1.25 bits per heavy atom. The van der Waals surface area contributed by atoms with Crippen LogP contribution in [-0.4, -0.2) is 30.3 Å². The van der Waals surface area contributed by atoms with Crippen LogP contribution in [0.25, 0.3) is 0 Å². The van der Waals surface area contributed by atoms with Gasteiger partial charge in [0.2, 0.25) is 0 Å². The quantitative estimate of drug-likeness (QED) is 0.740. The van der Waals surface area contributed by atoms with Crippen LogP contribution < -0.4 is 0 Å². The van der Waals surface area contributed by atoms with Crippen LogP contribution in [0.5, 0.6) is 0 Å². The fraction of sp³-hybridized carbons (Fsp3) is 1.00. The Labute approximate surface area is 107 Å². The second-order valence-corrected chi connectivity index (χ2v) is 6.95. The third-order valence-corrected chi connectivity index (χ3v) is 4.55. The van der Waals surface area contributed by atoms with Gasteiger partial charge in [-0.2, -0.15) is 12.6 Å². The molecule has 0 saturated carbocycles. The van der Waals surface area contributed by atoms with Crippen LogP contribution in [-0.2, 0) is 0 Å². The summed E-state index contributed by atoms with van der Waals surface area (Å²) in [6.45, 7) is 13.3. The summed E-state index contributed by atoms with van der Waals surface area (Å²) in [5.74, 6) is 2.65. The zero-order valence-electron chi connectivity index (χ0n) is 11.5. The predicted octanol–water partition coefficient (Wildman–Crippen LogP) is 3.70. The summed E-state index contributed by atoms with van der Waals surface area (Å²) in [5, 5.41) is 0. The molecule has 0 radical (unpaired) electrons. The Kier molecular flexibility index (Phi) is 5.66. The SMILES string of the molecule is CC(CS)CN1CCCC(C(C)(C)C)CC1. The molecule has 1 rings (SSSR count). The first-order chi connectivity index (χ1) is 7.43. The first-order valence-corrected chi connectivity index (χ1v) is 7.40. The molecule has 0 spiro atoms. The van der Waals surface area contributed by atoms with Gasteiger partial charge in [0.15, 0.2) is 0 Å². The predicted molar refractivity (Wildman–Crippen MR) is 76.3 cm³/mol. The van der Waals surface area contributed by atoms with Gasteiger partial charge in [-0.25, -0.2) is 0 Å². The summed E-state index contributed by atoms with van der Waals surface area (Å²) in [4.78, 5) is 2.65.